The van der Waals surface area contributed by atoms with Crippen molar-refractivity contribution in [2.24, 2.45) is 0 Å². The van der Waals surface area contributed by atoms with Gasteiger partial charge in [-0.25, -0.2) is 4.79 Å². The van der Waals surface area contributed by atoms with Crippen LogP contribution in [0, 0.1) is 0 Å². The summed E-state index contributed by atoms with van der Waals surface area (Å²) >= 11 is 0. The molecule has 3 heterocycles. The van der Waals surface area contributed by atoms with E-state index in [1.54, 1.807) is 0 Å². The molecule has 0 aromatic heterocycles. The van der Waals surface area contributed by atoms with E-state index in [0.717, 1.165) is 0 Å². The zero-order valence-corrected chi connectivity index (χ0v) is 17.4. The Hall–Kier alpha value is -1.23. The first-order valence-corrected chi connectivity index (χ1v) is 10.2. The van der Waals surface area contributed by atoms with E-state index in [1.807, 2.05) is 0 Å². The number of fused-ring (bicyclic) bond motifs is 1. The molecule has 13 heteroatoms. The first kappa shape index (κ1) is 25.4. The monoisotopic (exact) mass is 466 g/mol. The Kier molecular flexibility index (Phi) is 8.57. The molecule has 0 saturated carbocycles. The van der Waals surface area contributed by atoms with Crippen molar-refractivity contribution in [3.05, 3.63) is 12.2 Å². The molecule has 0 amide bonds. The molecule has 3 rings (SSSR count). The van der Waals surface area contributed by atoms with Crippen LogP contribution in [-0.2, 0) is 33.2 Å². The number of hydrogen-bond acceptors (Lipinski definition) is 13. The van der Waals surface area contributed by atoms with E-state index >= 15 is 0 Å². The third kappa shape index (κ3) is 5.46. The van der Waals surface area contributed by atoms with Crippen LogP contribution < -0.4 is 0 Å². The summed E-state index contributed by atoms with van der Waals surface area (Å²) in [5.74, 6) is -0.552. The van der Waals surface area contributed by atoms with Crippen LogP contribution >= 0.6 is 0 Å². The summed E-state index contributed by atoms with van der Waals surface area (Å²) in [5, 5.41) is 60.0. The van der Waals surface area contributed by atoms with Gasteiger partial charge >= 0.3 is 5.97 Å². The van der Waals surface area contributed by atoms with Crippen molar-refractivity contribution in [1.29, 1.82) is 0 Å². The van der Waals surface area contributed by atoms with Gasteiger partial charge in [-0.2, -0.15) is 0 Å². The van der Waals surface area contributed by atoms with Crippen LogP contribution in [0.15, 0.2) is 12.2 Å². The Labute approximate surface area is 183 Å². The molecule has 184 valence electrons. The average Bonchev–Trinajstić information content (AvgIpc) is 2.77. The van der Waals surface area contributed by atoms with Crippen LogP contribution in [0.4, 0.5) is 0 Å². The van der Waals surface area contributed by atoms with Gasteiger partial charge in [0.1, 0.15) is 48.8 Å². The third-order valence-electron chi connectivity index (χ3n) is 5.45. The van der Waals surface area contributed by atoms with Crippen molar-refractivity contribution in [2.45, 2.75) is 81.0 Å². The zero-order chi connectivity index (χ0) is 23.6. The molecule has 0 aromatic carbocycles. The Morgan fingerprint density at radius 1 is 0.969 bits per heavy atom. The van der Waals surface area contributed by atoms with E-state index in [1.165, 1.54) is 6.92 Å². The van der Waals surface area contributed by atoms with Gasteiger partial charge in [-0.05, 0) is 6.92 Å². The Balaban J connectivity index is 1.55. The Morgan fingerprint density at radius 3 is 2.28 bits per heavy atom. The van der Waals surface area contributed by atoms with Gasteiger partial charge in [0, 0.05) is 12.0 Å². The van der Waals surface area contributed by atoms with Crippen LogP contribution in [0.1, 0.15) is 13.3 Å². The van der Waals surface area contributed by atoms with Gasteiger partial charge in [0.2, 0.25) is 0 Å². The lowest BCUT2D eigenvalue weighted by Gasteiger charge is -2.48. The summed E-state index contributed by atoms with van der Waals surface area (Å²) in [4.78, 5) is 11.4. The fourth-order valence-corrected chi connectivity index (χ4v) is 3.57. The van der Waals surface area contributed by atoms with Gasteiger partial charge in [0.25, 0.3) is 0 Å². The summed E-state index contributed by atoms with van der Waals surface area (Å²) < 4.78 is 32.3. The molecule has 3 aliphatic heterocycles. The molecule has 3 aliphatic rings. The molecule has 0 bridgehead atoms. The maximum Gasteiger partial charge on any atom is 0.333 e. The molecule has 13 nitrogen and oxygen atoms in total. The summed E-state index contributed by atoms with van der Waals surface area (Å²) in [6.07, 6.45) is -14.8. The highest BCUT2D eigenvalue weighted by Crippen LogP contribution is 2.32. The molecule has 6 N–H and O–H groups in total. The van der Waals surface area contributed by atoms with E-state index in [9.17, 15) is 35.4 Å². The number of aliphatic hydroxyl groups excluding tert-OH is 6. The second-order valence-electron chi connectivity index (χ2n) is 7.93. The van der Waals surface area contributed by atoms with E-state index in [-0.39, 0.29) is 25.2 Å². The van der Waals surface area contributed by atoms with Gasteiger partial charge in [-0.15, -0.1) is 0 Å². The van der Waals surface area contributed by atoms with Crippen molar-refractivity contribution in [3.63, 3.8) is 0 Å². The van der Waals surface area contributed by atoms with E-state index < -0.39 is 80.3 Å². The van der Waals surface area contributed by atoms with Crippen LogP contribution in [0.25, 0.3) is 0 Å². The molecule has 0 spiro atoms. The number of hydrogen-bond donors (Lipinski definition) is 6. The highest BCUT2D eigenvalue weighted by Gasteiger charge is 2.52. The van der Waals surface area contributed by atoms with Crippen molar-refractivity contribution < 1.29 is 63.9 Å². The minimum Gasteiger partial charge on any atom is -0.462 e. The fourth-order valence-electron chi connectivity index (χ4n) is 3.57. The maximum absolute atomic E-state index is 11.4. The summed E-state index contributed by atoms with van der Waals surface area (Å²) in [7, 11) is 0. The lowest BCUT2D eigenvalue weighted by Crippen LogP contribution is -2.65. The van der Waals surface area contributed by atoms with E-state index in [4.69, 9.17) is 28.4 Å². The Bertz CT molecular complexity index is 655. The first-order chi connectivity index (χ1) is 15.1. The summed E-state index contributed by atoms with van der Waals surface area (Å²) in [5.41, 5.74) is 0.250. The second kappa shape index (κ2) is 10.8. The molecule has 1 unspecified atom stereocenters. The number of ether oxygens (including phenoxy) is 6. The highest BCUT2D eigenvalue weighted by atomic mass is 16.8. The maximum atomic E-state index is 11.4. The molecule has 3 saturated heterocycles. The second-order valence-corrected chi connectivity index (χ2v) is 7.93. The van der Waals surface area contributed by atoms with Gasteiger partial charge in [-0.1, -0.05) is 6.58 Å². The number of esters is 1. The summed E-state index contributed by atoms with van der Waals surface area (Å²) in [6, 6.07) is 0. The van der Waals surface area contributed by atoms with E-state index in [0.29, 0.717) is 0 Å². The predicted molar refractivity (Wildman–Crippen MR) is 101 cm³/mol. The SMILES string of the molecule is C=C(C)C(=O)OCCC1OC[C@H]2O[C@H](O[C@H]3O[C@H](CO)[C@@H](O)[C@H](O)[C@H]3O)[C@H](O)[C@@H](O)[C@@H]2O1. The van der Waals surface area contributed by atoms with Crippen molar-refractivity contribution in [3.8, 4) is 0 Å². The predicted octanol–water partition coefficient (Wildman–Crippen LogP) is -3.50. The first-order valence-electron chi connectivity index (χ1n) is 10.2. The topological polar surface area (TPSA) is 194 Å². The number of aliphatic hydroxyl groups is 6. The quantitative estimate of drug-likeness (QED) is 0.160. The normalized spacial score (nSPS) is 44.5. The van der Waals surface area contributed by atoms with Gasteiger partial charge < -0.3 is 59.1 Å². The highest BCUT2D eigenvalue weighted by molar-refractivity contribution is 5.86. The fraction of sp³-hybridized carbons (Fsp3) is 0.842. The van der Waals surface area contributed by atoms with Gasteiger partial charge in [0.15, 0.2) is 18.9 Å². The molecule has 0 aliphatic carbocycles. The number of rotatable bonds is 7. The van der Waals surface area contributed by atoms with Crippen LogP contribution in [-0.4, -0.2) is 124 Å². The van der Waals surface area contributed by atoms with Crippen LogP contribution in [0.5, 0.6) is 0 Å². The van der Waals surface area contributed by atoms with Crippen molar-refractivity contribution >= 4 is 5.97 Å². The van der Waals surface area contributed by atoms with Crippen LogP contribution in [0.2, 0.25) is 0 Å². The minimum absolute atomic E-state index is 0.00387. The molecule has 0 aromatic rings. The Morgan fingerprint density at radius 2 is 1.62 bits per heavy atom. The lowest BCUT2D eigenvalue weighted by molar-refractivity contribution is -0.398. The smallest absolute Gasteiger partial charge is 0.333 e. The van der Waals surface area contributed by atoms with Gasteiger partial charge in [0.05, 0.1) is 19.8 Å². The molecule has 32 heavy (non-hydrogen) atoms. The molecule has 0 radical (unpaired) electrons. The van der Waals surface area contributed by atoms with Crippen LogP contribution in [0.3, 0.4) is 0 Å². The number of carbonyl (C=O) groups is 1. The molecule has 3 fully saturated rings. The largest absolute Gasteiger partial charge is 0.462 e. The lowest BCUT2D eigenvalue weighted by atomic mass is 9.97. The average molecular weight is 466 g/mol. The standard InChI is InChI=1S/C19H30O13/c1-7(2)17(26)27-4-3-10-28-6-9-16(31-10)13(23)15(25)19(30-9)32-18-14(24)12(22)11(21)8(5-20)29-18/h8-16,18-25H,1,3-6H2,2H3/t8-,9-,10?,11-,12+,13-,14-,15-,16-,18-,19-/m1/s1. The third-order valence-corrected chi connectivity index (χ3v) is 5.45. The van der Waals surface area contributed by atoms with Gasteiger partial charge in [-0.3, -0.25) is 0 Å². The molecular weight excluding hydrogens is 436 g/mol. The summed E-state index contributed by atoms with van der Waals surface area (Å²) in [6.45, 7) is 4.29. The number of carbonyl (C=O) groups excluding carboxylic acids is 1. The van der Waals surface area contributed by atoms with Crippen molar-refractivity contribution in [1.82, 2.24) is 0 Å². The zero-order valence-electron chi connectivity index (χ0n) is 17.4. The van der Waals surface area contributed by atoms with Crippen molar-refractivity contribution in [2.75, 3.05) is 19.8 Å². The molecular formula is C19H30O13. The molecule has 11 atom stereocenters. The van der Waals surface area contributed by atoms with E-state index in [2.05, 4.69) is 6.58 Å². The minimum atomic E-state index is -1.70.